The molecule has 1 aromatic carbocycles. The molecule has 0 amide bonds. The summed E-state index contributed by atoms with van der Waals surface area (Å²) in [7, 11) is 0. The standard InChI is InChI=1S/C12H13N3O/c16-14-12(11-4-2-1-3-5-11)6-8-15-9-7-13-10-15/h1-5,7,9-10,16H,6,8H2/b14-12+. The lowest BCUT2D eigenvalue weighted by atomic mass is 10.1. The van der Waals surface area contributed by atoms with Crippen LogP contribution in [0, 0.1) is 0 Å². The molecule has 4 heteroatoms. The first-order valence-corrected chi connectivity index (χ1v) is 5.12. The van der Waals surface area contributed by atoms with Crippen LogP contribution in [-0.2, 0) is 6.54 Å². The fourth-order valence-corrected chi connectivity index (χ4v) is 1.54. The number of benzene rings is 1. The number of nitrogens with zero attached hydrogens (tertiary/aromatic N) is 3. The van der Waals surface area contributed by atoms with Gasteiger partial charge in [0.15, 0.2) is 0 Å². The lowest BCUT2D eigenvalue weighted by Gasteiger charge is -2.05. The molecule has 0 aliphatic rings. The molecule has 1 aromatic heterocycles. The maximum absolute atomic E-state index is 8.97. The third-order valence-corrected chi connectivity index (χ3v) is 2.39. The SMILES string of the molecule is O/N=C(\CCn1ccnc1)c1ccccc1. The molecule has 4 nitrogen and oxygen atoms in total. The topological polar surface area (TPSA) is 50.4 Å². The van der Waals surface area contributed by atoms with Gasteiger partial charge in [-0.3, -0.25) is 0 Å². The summed E-state index contributed by atoms with van der Waals surface area (Å²) in [5.74, 6) is 0. The molecule has 0 atom stereocenters. The lowest BCUT2D eigenvalue weighted by Crippen LogP contribution is -2.06. The van der Waals surface area contributed by atoms with Crippen LogP contribution in [0.4, 0.5) is 0 Å². The van der Waals surface area contributed by atoms with Crippen molar-refractivity contribution in [2.45, 2.75) is 13.0 Å². The highest BCUT2D eigenvalue weighted by molar-refractivity contribution is 6.00. The van der Waals surface area contributed by atoms with Crippen molar-refractivity contribution in [3.8, 4) is 0 Å². The average Bonchev–Trinajstić information content (AvgIpc) is 2.84. The van der Waals surface area contributed by atoms with Gasteiger partial charge in [-0.15, -0.1) is 0 Å². The minimum atomic E-state index is 0.677. The summed E-state index contributed by atoms with van der Waals surface area (Å²) in [5.41, 5.74) is 1.64. The monoisotopic (exact) mass is 215 g/mol. The number of aromatic nitrogens is 2. The van der Waals surface area contributed by atoms with Crippen LogP contribution in [0.5, 0.6) is 0 Å². The van der Waals surface area contributed by atoms with Gasteiger partial charge in [-0.1, -0.05) is 35.5 Å². The molecule has 0 aliphatic heterocycles. The van der Waals surface area contributed by atoms with E-state index < -0.39 is 0 Å². The van der Waals surface area contributed by atoms with E-state index >= 15 is 0 Å². The maximum atomic E-state index is 8.97. The van der Waals surface area contributed by atoms with E-state index in [-0.39, 0.29) is 0 Å². The molecule has 82 valence electrons. The second-order valence-electron chi connectivity index (χ2n) is 3.46. The average molecular weight is 215 g/mol. The minimum Gasteiger partial charge on any atom is -0.411 e. The molecule has 1 heterocycles. The van der Waals surface area contributed by atoms with E-state index in [1.54, 1.807) is 12.5 Å². The fourth-order valence-electron chi connectivity index (χ4n) is 1.54. The maximum Gasteiger partial charge on any atom is 0.0946 e. The van der Waals surface area contributed by atoms with Crippen molar-refractivity contribution in [2.24, 2.45) is 5.16 Å². The smallest absolute Gasteiger partial charge is 0.0946 e. The van der Waals surface area contributed by atoms with Crippen LogP contribution in [0.2, 0.25) is 0 Å². The highest BCUT2D eigenvalue weighted by atomic mass is 16.4. The van der Waals surface area contributed by atoms with Gasteiger partial charge in [0.25, 0.3) is 0 Å². The van der Waals surface area contributed by atoms with Crippen molar-refractivity contribution < 1.29 is 5.21 Å². The Labute approximate surface area is 93.9 Å². The van der Waals surface area contributed by atoms with E-state index in [4.69, 9.17) is 5.21 Å². The van der Waals surface area contributed by atoms with Gasteiger partial charge in [-0.25, -0.2) is 4.98 Å². The van der Waals surface area contributed by atoms with E-state index in [1.807, 2.05) is 41.1 Å². The summed E-state index contributed by atoms with van der Waals surface area (Å²) in [4.78, 5) is 3.96. The first kappa shape index (κ1) is 10.4. The Hall–Kier alpha value is -2.10. The van der Waals surface area contributed by atoms with Crippen LogP contribution in [0.15, 0.2) is 54.2 Å². The van der Waals surface area contributed by atoms with Gasteiger partial charge in [-0.2, -0.15) is 0 Å². The normalized spacial score (nSPS) is 11.6. The summed E-state index contributed by atoms with van der Waals surface area (Å²) in [6.45, 7) is 0.758. The predicted octanol–water partition coefficient (Wildman–Crippen LogP) is 2.15. The Morgan fingerprint density at radius 2 is 2.12 bits per heavy atom. The number of rotatable bonds is 4. The summed E-state index contributed by atoms with van der Waals surface area (Å²) < 4.78 is 1.95. The molecule has 0 spiro atoms. The van der Waals surface area contributed by atoms with Gasteiger partial charge in [0.1, 0.15) is 0 Å². The molecule has 16 heavy (non-hydrogen) atoms. The number of aryl methyl sites for hydroxylation is 1. The van der Waals surface area contributed by atoms with Crippen molar-refractivity contribution in [2.75, 3.05) is 0 Å². The number of imidazole rings is 1. The van der Waals surface area contributed by atoms with Gasteiger partial charge in [0.2, 0.25) is 0 Å². The summed E-state index contributed by atoms with van der Waals surface area (Å²) >= 11 is 0. The van der Waals surface area contributed by atoms with Crippen molar-refractivity contribution in [1.29, 1.82) is 0 Å². The van der Waals surface area contributed by atoms with Crippen molar-refractivity contribution in [1.82, 2.24) is 9.55 Å². The second-order valence-corrected chi connectivity index (χ2v) is 3.46. The van der Waals surface area contributed by atoms with Gasteiger partial charge in [-0.05, 0) is 5.56 Å². The van der Waals surface area contributed by atoms with Gasteiger partial charge in [0, 0.05) is 25.4 Å². The molecule has 0 unspecified atom stereocenters. The lowest BCUT2D eigenvalue weighted by molar-refractivity contribution is 0.317. The number of oxime groups is 1. The summed E-state index contributed by atoms with van der Waals surface area (Å²) in [6, 6.07) is 9.66. The molecule has 0 saturated heterocycles. The Morgan fingerprint density at radius 3 is 2.75 bits per heavy atom. The third kappa shape index (κ3) is 2.48. The van der Waals surface area contributed by atoms with Gasteiger partial charge in [0.05, 0.1) is 12.0 Å². The molecular formula is C12H13N3O. The molecule has 2 rings (SSSR count). The van der Waals surface area contributed by atoms with Gasteiger partial charge < -0.3 is 9.77 Å². The van der Waals surface area contributed by atoms with Crippen molar-refractivity contribution in [3.05, 3.63) is 54.6 Å². The predicted molar refractivity (Wildman–Crippen MR) is 61.6 cm³/mol. The molecule has 1 N–H and O–H groups in total. The highest BCUT2D eigenvalue weighted by Gasteiger charge is 2.03. The third-order valence-electron chi connectivity index (χ3n) is 2.39. The Kier molecular flexibility index (Phi) is 3.33. The second kappa shape index (κ2) is 5.11. The highest BCUT2D eigenvalue weighted by Crippen LogP contribution is 2.05. The molecule has 2 aromatic rings. The van der Waals surface area contributed by atoms with Crippen molar-refractivity contribution >= 4 is 5.71 Å². The zero-order chi connectivity index (χ0) is 11.2. The van der Waals surface area contributed by atoms with Crippen LogP contribution >= 0.6 is 0 Å². The molecule has 0 bridgehead atoms. The van der Waals surface area contributed by atoms with E-state index in [2.05, 4.69) is 10.1 Å². The zero-order valence-electron chi connectivity index (χ0n) is 8.82. The van der Waals surface area contributed by atoms with E-state index in [0.717, 1.165) is 12.1 Å². The first-order valence-electron chi connectivity index (χ1n) is 5.12. The Bertz CT molecular complexity index is 448. The van der Waals surface area contributed by atoms with Crippen LogP contribution in [0.25, 0.3) is 0 Å². The molecule has 0 aliphatic carbocycles. The van der Waals surface area contributed by atoms with Crippen LogP contribution in [-0.4, -0.2) is 20.5 Å². The zero-order valence-corrected chi connectivity index (χ0v) is 8.82. The van der Waals surface area contributed by atoms with E-state index in [9.17, 15) is 0 Å². The van der Waals surface area contributed by atoms with E-state index in [1.165, 1.54) is 0 Å². The molecule has 0 radical (unpaired) electrons. The molecule has 0 saturated carbocycles. The summed E-state index contributed by atoms with van der Waals surface area (Å²) in [6.07, 6.45) is 6.05. The largest absolute Gasteiger partial charge is 0.411 e. The molecular weight excluding hydrogens is 202 g/mol. The number of hydrogen-bond donors (Lipinski definition) is 1. The number of hydrogen-bond acceptors (Lipinski definition) is 3. The van der Waals surface area contributed by atoms with Crippen LogP contribution in [0.3, 0.4) is 0 Å². The fraction of sp³-hybridized carbons (Fsp3) is 0.167. The van der Waals surface area contributed by atoms with Crippen LogP contribution in [0.1, 0.15) is 12.0 Å². The van der Waals surface area contributed by atoms with Crippen LogP contribution < -0.4 is 0 Å². The van der Waals surface area contributed by atoms with Crippen molar-refractivity contribution in [3.63, 3.8) is 0 Å². The minimum absolute atomic E-state index is 0.677. The Morgan fingerprint density at radius 1 is 1.31 bits per heavy atom. The summed E-state index contributed by atoms with van der Waals surface area (Å²) in [5, 5.41) is 12.3. The Balaban J connectivity index is 2.03. The molecule has 0 fully saturated rings. The quantitative estimate of drug-likeness (QED) is 0.482. The first-order chi connectivity index (χ1) is 7.90. The van der Waals surface area contributed by atoms with E-state index in [0.29, 0.717) is 12.1 Å². The van der Waals surface area contributed by atoms with Gasteiger partial charge >= 0.3 is 0 Å².